The van der Waals surface area contributed by atoms with E-state index in [1.54, 1.807) is 24.4 Å². The maximum absolute atomic E-state index is 12.3. The van der Waals surface area contributed by atoms with E-state index in [4.69, 9.17) is 0 Å². The van der Waals surface area contributed by atoms with Crippen molar-refractivity contribution in [1.82, 2.24) is 14.4 Å². The summed E-state index contributed by atoms with van der Waals surface area (Å²) in [6.07, 6.45) is 4.77. The van der Waals surface area contributed by atoms with Crippen LogP contribution in [0, 0.1) is 10.1 Å². The van der Waals surface area contributed by atoms with Gasteiger partial charge in [0.2, 0.25) is 5.82 Å². The molecule has 26 heavy (non-hydrogen) atoms. The molecule has 0 saturated carbocycles. The van der Waals surface area contributed by atoms with Crippen molar-refractivity contribution in [3.8, 4) is 0 Å². The molecule has 3 heterocycles. The summed E-state index contributed by atoms with van der Waals surface area (Å²) in [5, 5.41) is 17.4. The minimum atomic E-state index is -0.695. The van der Waals surface area contributed by atoms with Gasteiger partial charge in [-0.15, -0.1) is 0 Å². The van der Waals surface area contributed by atoms with Gasteiger partial charge in [0, 0.05) is 25.5 Å². The summed E-state index contributed by atoms with van der Waals surface area (Å²) < 4.78 is 1.17. The van der Waals surface area contributed by atoms with Crippen LogP contribution in [0.1, 0.15) is 12.8 Å². The van der Waals surface area contributed by atoms with Crippen molar-refractivity contribution < 1.29 is 4.92 Å². The number of fused-ring (bicyclic) bond motifs is 1. The van der Waals surface area contributed by atoms with Crippen molar-refractivity contribution in [2.75, 3.05) is 23.7 Å². The van der Waals surface area contributed by atoms with Crippen LogP contribution in [0.2, 0.25) is 0 Å². The molecule has 0 aliphatic heterocycles. The SMILES string of the molecule is O=c1c([N+](=O)[O-])c(NCCCCNc2ccccn2)nc2ccccn12. The quantitative estimate of drug-likeness (QED) is 0.362. The fourth-order valence-corrected chi connectivity index (χ4v) is 2.51. The monoisotopic (exact) mass is 354 g/mol. The molecule has 0 radical (unpaired) electrons. The lowest BCUT2D eigenvalue weighted by molar-refractivity contribution is -0.385. The molecule has 2 N–H and O–H groups in total. The van der Waals surface area contributed by atoms with Gasteiger partial charge in [-0.1, -0.05) is 12.1 Å². The highest BCUT2D eigenvalue weighted by molar-refractivity contribution is 5.59. The average molecular weight is 354 g/mol. The second kappa shape index (κ2) is 8.06. The van der Waals surface area contributed by atoms with Crippen LogP contribution in [0.4, 0.5) is 17.3 Å². The zero-order valence-electron chi connectivity index (χ0n) is 14.0. The van der Waals surface area contributed by atoms with Gasteiger partial charge in [-0.25, -0.2) is 9.97 Å². The lowest BCUT2D eigenvalue weighted by Gasteiger charge is -2.08. The minimum absolute atomic E-state index is 0.00360. The third kappa shape index (κ3) is 3.94. The summed E-state index contributed by atoms with van der Waals surface area (Å²) in [6, 6.07) is 10.6. The number of nitrogens with one attached hydrogen (secondary N) is 2. The molecule has 0 unspecified atom stereocenters. The third-order valence-corrected chi connectivity index (χ3v) is 3.76. The second-order valence-electron chi connectivity index (χ2n) is 5.58. The normalized spacial score (nSPS) is 10.6. The highest BCUT2D eigenvalue weighted by Crippen LogP contribution is 2.18. The number of rotatable bonds is 8. The Kier molecular flexibility index (Phi) is 5.37. The largest absolute Gasteiger partial charge is 0.376 e. The average Bonchev–Trinajstić information content (AvgIpc) is 2.65. The number of nitro groups is 1. The molecule has 3 rings (SSSR count). The number of hydrogen-bond acceptors (Lipinski definition) is 7. The van der Waals surface area contributed by atoms with E-state index >= 15 is 0 Å². The van der Waals surface area contributed by atoms with E-state index in [-0.39, 0.29) is 5.82 Å². The van der Waals surface area contributed by atoms with Crippen LogP contribution in [0.15, 0.2) is 53.6 Å². The summed E-state index contributed by atoms with van der Waals surface area (Å²) in [5.41, 5.74) is -0.873. The first-order chi connectivity index (χ1) is 12.7. The Morgan fingerprint density at radius 1 is 1.08 bits per heavy atom. The Labute approximate surface area is 148 Å². The molecule has 0 amide bonds. The van der Waals surface area contributed by atoms with Gasteiger partial charge in [0.15, 0.2) is 0 Å². The molecular formula is C17H18N6O3. The molecular weight excluding hydrogens is 336 g/mol. The fourth-order valence-electron chi connectivity index (χ4n) is 2.51. The van der Waals surface area contributed by atoms with Crippen LogP contribution in [0.25, 0.3) is 5.65 Å². The standard InChI is InChI=1S/C17H18N6O3/c24-17-15(23(25)26)16(21-14-8-2-6-12-22(14)17)20-11-5-4-10-19-13-7-1-3-9-18-13/h1-3,6-9,12,20H,4-5,10-11H2,(H,18,19). The molecule has 0 aliphatic carbocycles. The Morgan fingerprint density at radius 3 is 2.58 bits per heavy atom. The van der Waals surface area contributed by atoms with Crippen LogP contribution >= 0.6 is 0 Å². The van der Waals surface area contributed by atoms with Crippen molar-refractivity contribution >= 4 is 23.0 Å². The molecule has 3 aromatic heterocycles. The smallest absolute Gasteiger partial charge is 0.370 e. The van der Waals surface area contributed by atoms with Crippen LogP contribution in [-0.4, -0.2) is 32.4 Å². The van der Waals surface area contributed by atoms with Gasteiger partial charge in [0.25, 0.3) is 0 Å². The molecule has 0 aromatic carbocycles. The number of hydrogen-bond donors (Lipinski definition) is 2. The van der Waals surface area contributed by atoms with E-state index in [1.807, 2.05) is 18.2 Å². The maximum atomic E-state index is 12.3. The first kappa shape index (κ1) is 17.3. The molecule has 0 atom stereocenters. The zero-order valence-corrected chi connectivity index (χ0v) is 14.0. The van der Waals surface area contributed by atoms with Gasteiger partial charge in [0.05, 0.1) is 4.92 Å². The fraction of sp³-hybridized carbons (Fsp3) is 0.235. The van der Waals surface area contributed by atoms with Crippen molar-refractivity contribution in [2.24, 2.45) is 0 Å². The predicted molar refractivity (Wildman–Crippen MR) is 98.6 cm³/mol. The molecule has 0 spiro atoms. The highest BCUT2D eigenvalue weighted by Gasteiger charge is 2.22. The van der Waals surface area contributed by atoms with Gasteiger partial charge in [-0.2, -0.15) is 0 Å². The van der Waals surface area contributed by atoms with Crippen LogP contribution < -0.4 is 16.2 Å². The van der Waals surface area contributed by atoms with Crippen molar-refractivity contribution in [3.63, 3.8) is 0 Å². The van der Waals surface area contributed by atoms with Crippen LogP contribution in [0.5, 0.6) is 0 Å². The summed E-state index contributed by atoms with van der Waals surface area (Å²) >= 11 is 0. The molecule has 0 aliphatic rings. The number of aromatic nitrogens is 3. The van der Waals surface area contributed by atoms with Gasteiger partial charge in [0.1, 0.15) is 11.5 Å². The highest BCUT2D eigenvalue weighted by atomic mass is 16.6. The van der Waals surface area contributed by atoms with Gasteiger partial charge >= 0.3 is 11.2 Å². The Morgan fingerprint density at radius 2 is 1.85 bits per heavy atom. The van der Waals surface area contributed by atoms with Gasteiger partial charge < -0.3 is 10.6 Å². The zero-order chi connectivity index (χ0) is 18.4. The van der Waals surface area contributed by atoms with Crippen molar-refractivity contribution in [3.05, 3.63) is 69.3 Å². The van der Waals surface area contributed by atoms with Gasteiger partial charge in [-0.05, 0) is 37.1 Å². The van der Waals surface area contributed by atoms with E-state index in [0.717, 1.165) is 25.2 Å². The Hall–Kier alpha value is -3.49. The van der Waals surface area contributed by atoms with E-state index in [9.17, 15) is 14.9 Å². The lowest BCUT2D eigenvalue weighted by atomic mass is 10.3. The van der Waals surface area contributed by atoms with E-state index in [1.165, 1.54) is 10.6 Å². The lowest BCUT2D eigenvalue weighted by Crippen LogP contribution is -2.21. The summed E-state index contributed by atoms with van der Waals surface area (Å²) in [6.45, 7) is 1.20. The second-order valence-corrected chi connectivity index (χ2v) is 5.58. The summed E-state index contributed by atoms with van der Waals surface area (Å²) in [7, 11) is 0. The first-order valence-electron chi connectivity index (χ1n) is 8.21. The van der Waals surface area contributed by atoms with E-state index in [0.29, 0.717) is 12.2 Å². The molecule has 0 saturated heterocycles. The van der Waals surface area contributed by atoms with Crippen molar-refractivity contribution in [1.29, 1.82) is 0 Å². The first-order valence-corrected chi connectivity index (χ1v) is 8.21. The molecule has 0 bridgehead atoms. The van der Waals surface area contributed by atoms with E-state index in [2.05, 4.69) is 20.6 Å². The summed E-state index contributed by atoms with van der Waals surface area (Å²) in [5.74, 6) is 0.809. The van der Waals surface area contributed by atoms with Crippen LogP contribution in [0.3, 0.4) is 0 Å². The van der Waals surface area contributed by atoms with E-state index < -0.39 is 16.2 Å². The summed E-state index contributed by atoms with van der Waals surface area (Å²) in [4.78, 5) is 31.3. The third-order valence-electron chi connectivity index (χ3n) is 3.76. The number of unbranched alkanes of at least 4 members (excludes halogenated alkanes) is 1. The molecule has 3 aromatic rings. The minimum Gasteiger partial charge on any atom is -0.370 e. The Balaban J connectivity index is 1.60. The molecule has 134 valence electrons. The number of nitrogens with zero attached hydrogens (tertiary/aromatic N) is 4. The van der Waals surface area contributed by atoms with Crippen molar-refractivity contribution in [2.45, 2.75) is 12.8 Å². The topological polar surface area (TPSA) is 114 Å². The molecule has 9 nitrogen and oxygen atoms in total. The maximum Gasteiger partial charge on any atom is 0.376 e. The molecule has 0 fully saturated rings. The molecule has 9 heteroatoms. The van der Waals surface area contributed by atoms with Crippen LogP contribution in [-0.2, 0) is 0 Å². The number of anilines is 2. The number of pyridine rings is 2. The predicted octanol–water partition coefficient (Wildman–Crippen LogP) is 2.30. The Bertz CT molecular complexity index is 958. The van der Waals surface area contributed by atoms with Gasteiger partial charge in [-0.3, -0.25) is 19.3 Å².